The maximum atomic E-state index is 13.1. The highest BCUT2D eigenvalue weighted by Gasteiger charge is 2.34. The summed E-state index contributed by atoms with van der Waals surface area (Å²) < 4.78 is 28.0. The molecule has 2 fully saturated rings. The molecule has 2 saturated carbocycles. The number of thiophene rings is 1. The lowest BCUT2D eigenvalue weighted by Crippen LogP contribution is -2.44. The molecule has 2 aliphatic rings. The third-order valence-corrected chi connectivity index (χ3v) is 9.05. The SMILES string of the molecule is C.C=CC(=O)Cl.C=CC(=O)NC1CC(n2c(NC(=O)c3ccc(C(F)F)s3)nc3cc(N(C)C(=O)C4CCCCC4)ccc32)C1. The van der Waals surface area contributed by atoms with Gasteiger partial charge in [-0.15, -0.1) is 11.3 Å². The van der Waals surface area contributed by atoms with Gasteiger partial charge in [-0.2, -0.15) is 0 Å². The van der Waals surface area contributed by atoms with Crippen molar-refractivity contribution in [1.29, 1.82) is 0 Å². The number of halogens is 3. The number of hydrogen-bond acceptors (Lipinski definition) is 6. The summed E-state index contributed by atoms with van der Waals surface area (Å²) in [5, 5.41) is 5.17. The summed E-state index contributed by atoms with van der Waals surface area (Å²) in [7, 11) is 1.77. The van der Waals surface area contributed by atoms with Crippen LogP contribution in [0.2, 0.25) is 0 Å². The molecular formula is C32H38ClF2N5O4S. The Balaban J connectivity index is 0.000000854. The van der Waals surface area contributed by atoms with Crippen LogP contribution in [0.4, 0.5) is 20.4 Å². The van der Waals surface area contributed by atoms with Crippen LogP contribution in [0.1, 0.15) is 79.4 Å². The number of allylic oxidation sites excluding steroid dienone is 1. The zero-order valence-corrected chi connectivity index (χ0v) is 25.8. The number of alkyl halides is 2. The van der Waals surface area contributed by atoms with Gasteiger partial charge in [-0.25, -0.2) is 13.8 Å². The second kappa shape index (κ2) is 15.9. The van der Waals surface area contributed by atoms with E-state index in [0.717, 1.165) is 48.6 Å². The van der Waals surface area contributed by atoms with Crippen LogP contribution in [0.15, 0.2) is 55.6 Å². The summed E-state index contributed by atoms with van der Waals surface area (Å²) >= 11 is 5.45. The Morgan fingerprint density at radius 1 is 1.09 bits per heavy atom. The summed E-state index contributed by atoms with van der Waals surface area (Å²) in [6.07, 6.45) is 5.98. The lowest BCUT2D eigenvalue weighted by Gasteiger charge is -2.37. The van der Waals surface area contributed by atoms with Crippen molar-refractivity contribution < 1.29 is 28.0 Å². The molecule has 3 amide bonds. The van der Waals surface area contributed by atoms with E-state index in [9.17, 15) is 28.0 Å². The number of nitrogens with one attached hydrogen (secondary N) is 2. The minimum atomic E-state index is -2.65. The van der Waals surface area contributed by atoms with E-state index in [1.807, 2.05) is 22.8 Å². The molecule has 2 N–H and O–H groups in total. The summed E-state index contributed by atoms with van der Waals surface area (Å²) in [5.74, 6) is -0.365. The van der Waals surface area contributed by atoms with E-state index in [0.29, 0.717) is 30.0 Å². The van der Waals surface area contributed by atoms with Crippen molar-refractivity contribution in [2.24, 2.45) is 5.92 Å². The second-order valence-electron chi connectivity index (χ2n) is 10.7. The van der Waals surface area contributed by atoms with Crippen LogP contribution in [0, 0.1) is 5.92 Å². The average Bonchev–Trinajstić information content (AvgIpc) is 3.64. The maximum Gasteiger partial charge on any atom is 0.272 e. The molecule has 45 heavy (non-hydrogen) atoms. The van der Waals surface area contributed by atoms with Crippen LogP contribution < -0.4 is 15.5 Å². The minimum Gasteiger partial charge on any atom is -0.350 e. The van der Waals surface area contributed by atoms with Gasteiger partial charge in [0.05, 0.1) is 20.8 Å². The molecule has 3 aromatic rings. The lowest BCUT2D eigenvalue weighted by atomic mass is 9.86. The quantitative estimate of drug-likeness (QED) is 0.183. The number of nitrogens with zero attached hydrogens (tertiary/aromatic N) is 3. The van der Waals surface area contributed by atoms with Gasteiger partial charge in [-0.1, -0.05) is 39.8 Å². The van der Waals surface area contributed by atoms with Crippen molar-refractivity contribution in [2.75, 3.05) is 17.3 Å². The first kappa shape index (κ1) is 35.6. The van der Waals surface area contributed by atoms with Crippen molar-refractivity contribution in [2.45, 2.75) is 70.9 Å². The standard InChI is InChI=1S/C28H31F2N5O3S.C3H3ClO.CH4/c1-3-24(36)31-17-13-19(14-17)35-21-10-9-18(34(2)27(38)16-7-5-4-6-8-16)15-20(21)32-28(35)33-26(37)23-12-11-22(39-23)25(29)30;1-2-3(4)5;/h3,9-12,15-17,19,25H,1,4-8,13-14H2,2H3,(H,31,36)(H,32,33,37);2H,1H2;1H4. The monoisotopic (exact) mass is 661 g/mol. The molecule has 0 saturated heterocycles. The maximum absolute atomic E-state index is 13.1. The van der Waals surface area contributed by atoms with Crippen LogP contribution in [-0.2, 0) is 14.4 Å². The fraction of sp³-hybridized carbons (Fsp3) is 0.406. The molecule has 0 aliphatic heterocycles. The van der Waals surface area contributed by atoms with Gasteiger partial charge in [-0.05, 0) is 79.8 Å². The number of imidazole rings is 1. The van der Waals surface area contributed by atoms with E-state index in [2.05, 4.69) is 28.8 Å². The fourth-order valence-corrected chi connectivity index (χ4v) is 6.20. The number of rotatable bonds is 9. The van der Waals surface area contributed by atoms with E-state index in [1.54, 1.807) is 11.9 Å². The highest BCUT2D eigenvalue weighted by molar-refractivity contribution is 7.14. The smallest absolute Gasteiger partial charge is 0.272 e. The molecular weight excluding hydrogens is 624 g/mol. The van der Waals surface area contributed by atoms with E-state index in [1.165, 1.54) is 24.6 Å². The summed E-state index contributed by atoms with van der Waals surface area (Å²) in [4.78, 5) is 53.6. The number of carbonyl (C=O) groups is 4. The molecule has 2 aliphatic carbocycles. The second-order valence-corrected chi connectivity index (χ2v) is 12.2. The predicted octanol–water partition coefficient (Wildman–Crippen LogP) is 7.41. The predicted molar refractivity (Wildman–Crippen MR) is 175 cm³/mol. The topological polar surface area (TPSA) is 113 Å². The van der Waals surface area contributed by atoms with Crippen molar-refractivity contribution in [3.63, 3.8) is 0 Å². The summed E-state index contributed by atoms with van der Waals surface area (Å²) in [5.41, 5.74) is 2.08. The van der Waals surface area contributed by atoms with Crippen molar-refractivity contribution >= 4 is 68.6 Å². The zero-order valence-electron chi connectivity index (χ0n) is 24.2. The summed E-state index contributed by atoms with van der Waals surface area (Å²) in [6, 6.07) is 8.13. The molecule has 2 aromatic heterocycles. The first-order valence-electron chi connectivity index (χ1n) is 14.3. The molecule has 5 rings (SSSR count). The number of anilines is 2. The van der Waals surface area contributed by atoms with Crippen LogP contribution in [0.3, 0.4) is 0 Å². The van der Waals surface area contributed by atoms with Crippen molar-refractivity contribution in [3.05, 3.63) is 65.4 Å². The highest BCUT2D eigenvalue weighted by atomic mass is 35.5. The largest absolute Gasteiger partial charge is 0.350 e. The third kappa shape index (κ3) is 8.64. The Hall–Kier alpha value is -3.90. The normalized spacial score (nSPS) is 17.6. The van der Waals surface area contributed by atoms with Crippen LogP contribution in [-0.4, -0.2) is 45.6 Å². The fourth-order valence-electron chi connectivity index (χ4n) is 5.44. The molecule has 9 nitrogen and oxygen atoms in total. The number of carbonyl (C=O) groups excluding carboxylic acids is 4. The Labute approximate surface area is 270 Å². The lowest BCUT2D eigenvalue weighted by molar-refractivity contribution is -0.123. The van der Waals surface area contributed by atoms with Gasteiger partial charge in [0.15, 0.2) is 0 Å². The number of benzene rings is 1. The van der Waals surface area contributed by atoms with Gasteiger partial charge in [-0.3, -0.25) is 24.5 Å². The van der Waals surface area contributed by atoms with Gasteiger partial charge in [0.1, 0.15) is 0 Å². The number of fused-ring (bicyclic) bond motifs is 1. The van der Waals surface area contributed by atoms with Crippen molar-refractivity contribution in [1.82, 2.24) is 14.9 Å². The first-order chi connectivity index (χ1) is 21.0. The van der Waals surface area contributed by atoms with E-state index < -0.39 is 17.6 Å². The van der Waals surface area contributed by atoms with Gasteiger partial charge < -0.3 is 14.8 Å². The molecule has 0 atom stereocenters. The molecule has 0 bridgehead atoms. The molecule has 0 radical (unpaired) electrons. The Kier molecular flexibility index (Phi) is 12.6. The van der Waals surface area contributed by atoms with Gasteiger partial charge in [0, 0.05) is 30.7 Å². The zero-order chi connectivity index (χ0) is 32.0. The minimum absolute atomic E-state index is 0. The van der Waals surface area contributed by atoms with Gasteiger partial charge in [0.25, 0.3) is 12.3 Å². The number of aromatic nitrogens is 2. The Bertz CT molecular complexity index is 1560. The van der Waals surface area contributed by atoms with E-state index in [4.69, 9.17) is 11.6 Å². The number of hydrogen-bond donors (Lipinski definition) is 2. The first-order valence-corrected chi connectivity index (χ1v) is 15.4. The molecule has 0 unspecified atom stereocenters. The van der Waals surface area contributed by atoms with E-state index >= 15 is 0 Å². The molecule has 1 aromatic carbocycles. The number of amides is 3. The van der Waals surface area contributed by atoms with Crippen LogP contribution >= 0.6 is 22.9 Å². The Morgan fingerprint density at radius 2 is 1.76 bits per heavy atom. The van der Waals surface area contributed by atoms with Crippen molar-refractivity contribution in [3.8, 4) is 0 Å². The molecule has 13 heteroatoms. The van der Waals surface area contributed by atoms with Gasteiger partial charge in [0.2, 0.25) is 23.0 Å². The summed E-state index contributed by atoms with van der Waals surface area (Å²) in [6.45, 7) is 6.56. The van der Waals surface area contributed by atoms with E-state index in [-0.39, 0.29) is 47.0 Å². The Morgan fingerprint density at radius 3 is 2.33 bits per heavy atom. The molecule has 0 spiro atoms. The van der Waals surface area contributed by atoms with Gasteiger partial charge >= 0.3 is 0 Å². The average molecular weight is 662 g/mol. The molecule has 2 heterocycles. The van der Waals surface area contributed by atoms with Crippen LogP contribution in [0.5, 0.6) is 0 Å². The highest BCUT2D eigenvalue weighted by Crippen LogP contribution is 2.39. The molecule has 242 valence electrons. The third-order valence-electron chi connectivity index (χ3n) is 7.81. The van der Waals surface area contributed by atoms with Crippen LogP contribution in [0.25, 0.3) is 11.0 Å².